The van der Waals surface area contributed by atoms with Crippen LogP contribution in [0.3, 0.4) is 0 Å². The van der Waals surface area contributed by atoms with Gasteiger partial charge in [0.15, 0.2) is 0 Å². The van der Waals surface area contributed by atoms with Gasteiger partial charge in [0.1, 0.15) is 11.6 Å². The number of pyridine rings is 1. The van der Waals surface area contributed by atoms with E-state index in [1.165, 1.54) is 18.4 Å². The zero-order chi connectivity index (χ0) is 11.8. The molecule has 0 atom stereocenters. The van der Waals surface area contributed by atoms with E-state index in [4.69, 9.17) is 5.73 Å². The second-order valence-electron chi connectivity index (χ2n) is 4.49. The normalized spacial score (nSPS) is 14.8. The highest BCUT2D eigenvalue weighted by atomic mass is 16.3. The van der Waals surface area contributed by atoms with Crippen LogP contribution in [0.15, 0.2) is 36.4 Å². The number of aromatic hydroxyl groups is 1. The topological polar surface area (TPSA) is 59.1 Å². The SMILES string of the molecule is Nc1cccc(-c2ccc(O)cc2C2CC2)n1. The first-order chi connectivity index (χ1) is 8.24. The Hall–Kier alpha value is -2.03. The van der Waals surface area contributed by atoms with Crippen molar-refractivity contribution in [2.75, 3.05) is 5.73 Å². The molecule has 0 unspecified atom stereocenters. The Morgan fingerprint density at radius 3 is 2.71 bits per heavy atom. The van der Waals surface area contributed by atoms with E-state index in [1.54, 1.807) is 12.1 Å². The molecule has 2 aromatic rings. The lowest BCUT2D eigenvalue weighted by Crippen LogP contribution is -1.94. The third-order valence-corrected chi connectivity index (χ3v) is 3.10. The Morgan fingerprint density at radius 1 is 1.18 bits per heavy atom. The molecule has 86 valence electrons. The third kappa shape index (κ3) is 1.96. The van der Waals surface area contributed by atoms with Gasteiger partial charge in [-0.25, -0.2) is 4.98 Å². The number of aromatic nitrogens is 1. The van der Waals surface area contributed by atoms with Crippen LogP contribution in [-0.2, 0) is 0 Å². The summed E-state index contributed by atoms with van der Waals surface area (Å²) in [6.07, 6.45) is 2.39. The van der Waals surface area contributed by atoms with E-state index in [9.17, 15) is 5.11 Å². The minimum absolute atomic E-state index is 0.319. The summed E-state index contributed by atoms with van der Waals surface area (Å²) >= 11 is 0. The van der Waals surface area contributed by atoms with Crippen LogP contribution in [0, 0.1) is 0 Å². The fraction of sp³-hybridized carbons (Fsp3) is 0.214. The highest BCUT2D eigenvalue weighted by Gasteiger charge is 2.27. The maximum Gasteiger partial charge on any atom is 0.124 e. The molecule has 1 aromatic heterocycles. The number of phenolic OH excluding ortho intramolecular Hbond substituents is 1. The molecule has 0 aliphatic heterocycles. The third-order valence-electron chi connectivity index (χ3n) is 3.10. The fourth-order valence-electron chi connectivity index (χ4n) is 2.12. The molecule has 0 spiro atoms. The maximum atomic E-state index is 9.57. The van der Waals surface area contributed by atoms with E-state index in [-0.39, 0.29) is 0 Å². The zero-order valence-electron chi connectivity index (χ0n) is 9.43. The lowest BCUT2D eigenvalue weighted by molar-refractivity contribution is 0.474. The van der Waals surface area contributed by atoms with Crippen LogP contribution >= 0.6 is 0 Å². The van der Waals surface area contributed by atoms with Crippen LogP contribution in [0.1, 0.15) is 24.3 Å². The molecule has 0 bridgehead atoms. The Labute approximate surface area is 99.9 Å². The number of nitrogens with two attached hydrogens (primary N) is 1. The summed E-state index contributed by atoms with van der Waals surface area (Å²) in [4.78, 5) is 4.34. The highest BCUT2D eigenvalue weighted by Crippen LogP contribution is 2.45. The molecule has 0 saturated heterocycles. The van der Waals surface area contributed by atoms with Crippen molar-refractivity contribution in [1.82, 2.24) is 4.98 Å². The maximum absolute atomic E-state index is 9.57. The molecule has 1 aliphatic rings. The lowest BCUT2D eigenvalue weighted by Gasteiger charge is -2.09. The molecule has 1 aliphatic carbocycles. The zero-order valence-corrected chi connectivity index (χ0v) is 9.43. The highest BCUT2D eigenvalue weighted by molar-refractivity contribution is 5.67. The van der Waals surface area contributed by atoms with Crippen LogP contribution in [0.4, 0.5) is 5.82 Å². The number of nitrogens with zero attached hydrogens (tertiary/aromatic N) is 1. The van der Waals surface area contributed by atoms with Crippen LogP contribution in [-0.4, -0.2) is 10.1 Å². The van der Waals surface area contributed by atoms with E-state index in [1.807, 2.05) is 24.3 Å². The Morgan fingerprint density at radius 2 is 2.00 bits per heavy atom. The molecular formula is C14H14N2O. The molecular weight excluding hydrogens is 212 g/mol. The van der Waals surface area contributed by atoms with Crippen molar-refractivity contribution in [1.29, 1.82) is 0 Å². The molecule has 3 N–H and O–H groups in total. The standard InChI is InChI=1S/C14H14N2O/c15-14-3-1-2-13(16-14)11-7-6-10(17)8-12(11)9-4-5-9/h1-3,6-9,17H,4-5H2,(H2,15,16). The van der Waals surface area contributed by atoms with Gasteiger partial charge in [0.05, 0.1) is 5.69 Å². The largest absolute Gasteiger partial charge is 0.508 e. The van der Waals surface area contributed by atoms with Crippen molar-refractivity contribution in [2.45, 2.75) is 18.8 Å². The monoisotopic (exact) mass is 226 g/mol. The summed E-state index contributed by atoms with van der Waals surface area (Å²) in [5.74, 6) is 1.41. The van der Waals surface area contributed by atoms with Crippen molar-refractivity contribution in [2.24, 2.45) is 0 Å². The molecule has 1 fully saturated rings. The lowest BCUT2D eigenvalue weighted by atomic mass is 10.00. The van der Waals surface area contributed by atoms with Crippen LogP contribution in [0.2, 0.25) is 0 Å². The second kappa shape index (κ2) is 3.77. The molecule has 1 heterocycles. The van der Waals surface area contributed by atoms with Crippen molar-refractivity contribution in [3.8, 4) is 17.0 Å². The summed E-state index contributed by atoms with van der Waals surface area (Å²) in [6.45, 7) is 0. The van der Waals surface area contributed by atoms with Crippen molar-refractivity contribution in [3.63, 3.8) is 0 Å². The number of benzene rings is 1. The van der Waals surface area contributed by atoms with E-state index in [2.05, 4.69) is 4.98 Å². The fourth-order valence-corrected chi connectivity index (χ4v) is 2.12. The molecule has 3 heteroatoms. The van der Waals surface area contributed by atoms with Crippen LogP contribution in [0.25, 0.3) is 11.3 Å². The van der Waals surface area contributed by atoms with Gasteiger partial charge in [-0.05, 0) is 54.7 Å². The van der Waals surface area contributed by atoms with Gasteiger partial charge in [0.2, 0.25) is 0 Å². The average Bonchev–Trinajstić information content (AvgIpc) is 3.12. The van der Waals surface area contributed by atoms with E-state index >= 15 is 0 Å². The van der Waals surface area contributed by atoms with Gasteiger partial charge in [-0.3, -0.25) is 0 Å². The summed E-state index contributed by atoms with van der Waals surface area (Å²) in [5, 5.41) is 9.57. The van der Waals surface area contributed by atoms with Crippen molar-refractivity contribution >= 4 is 5.82 Å². The predicted molar refractivity (Wildman–Crippen MR) is 67.7 cm³/mol. The van der Waals surface area contributed by atoms with Crippen molar-refractivity contribution in [3.05, 3.63) is 42.0 Å². The van der Waals surface area contributed by atoms with Gasteiger partial charge in [0, 0.05) is 5.56 Å². The minimum Gasteiger partial charge on any atom is -0.508 e. The van der Waals surface area contributed by atoms with Gasteiger partial charge in [0.25, 0.3) is 0 Å². The Kier molecular flexibility index (Phi) is 2.25. The first-order valence-electron chi connectivity index (χ1n) is 5.80. The van der Waals surface area contributed by atoms with Gasteiger partial charge in [-0.1, -0.05) is 6.07 Å². The summed E-state index contributed by atoms with van der Waals surface area (Å²) in [5.41, 5.74) is 8.85. The summed E-state index contributed by atoms with van der Waals surface area (Å²) < 4.78 is 0. The van der Waals surface area contributed by atoms with Gasteiger partial charge < -0.3 is 10.8 Å². The van der Waals surface area contributed by atoms with Gasteiger partial charge in [-0.15, -0.1) is 0 Å². The first-order valence-corrected chi connectivity index (χ1v) is 5.80. The molecule has 3 rings (SSSR count). The molecule has 17 heavy (non-hydrogen) atoms. The molecule has 0 amide bonds. The second-order valence-corrected chi connectivity index (χ2v) is 4.49. The minimum atomic E-state index is 0.319. The molecule has 3 nitrogen and oxygen atoms in total. The summed E-state index contributed by atoms with van der Waals surface area (Å²) in [7, 11) is 0. The quantitative estimate of drug-likeness (QED) is 0.827. The Balaban J connectivity index is 2.13. The van der Waals surface area contributed by atoms with Crippen LogP contribution in [0.5, 0.6) is 5.75 Å². The number of hydrogen-bond acceptors (Lipinski definition) is 3. The smallest absolute Gasteiger partial charge is 0.124 e. The summed E-state index contributed by atoms with van der Waals surface area (Å²) in [6, 6.07) is 11.1. The predicted octanol–water partition coefficient (Wildman–Crippen LogP) is 2.91. The molecule has 1 saturated carbocycles. The van der Waals surface area contributed by atoms with Gasteiger partial charge >= 0.3 is 0 Å². The molecule has 1 aromatic carbocycles. The number of rotatable bonds is 2. The molecule has 0 radical (unpaired) electrons. The number of phenols is 1. The number of anilines is 1. The number of nitrogen functional groups attached to an aromatic ring is 1. The van der Waals surface area contributed by atoms with E-state index in [0.29, 0.717) is 17.5 Å². The van der Waals surface area contributed by atoms with Crippen LogP contribution < -0.4 is 5.73 Å². The van der Waals surface area contributed by atoms with Gasteiger partial charge in [-0.2, -0.15) is 0 Å². The van der Waals surface area contributed by atoms with E-state index < -0.39 is 0 Å². The average molecular weight is 226 g/mol. The van der Waals surface area contributed by atoms with Crippen molar-refractivity contribution < 1.29 is 5.11 Å². The Bertz CT molecular complexity index is 562. The number of hydrogen-bond donors (Lipinski definition) is 2. The van der Waals surface area contributed by atoms with E-state index in [0.717, 1.165) is 11.3 Å². The first kappa shape index (κ1) is 10.1.